The van der Waals surface area contributed by atoms with Crippen LogP contribution >= 0.6 is 0 Å². The first kappa shape index (κ1) is 23.6. The number of nitrogens with one attached hydrogen (secondary N) is 3. The zero-order valence-electron chi connectivity index (χ0n) is 17.7. The molecule has 2 rings (SSSR count). The molecule has 164 valence electrons. The monoisotopic (exact) mass is 425 g/mol. The van der Waals surface area contributed by atoms with Crippen LogP contribution < -0.4 is 20.7 Å². The van der Waals surface area contributed by atoms with E-state index < -0.39 is 18.4 Å². The van der Waals surface area contributed by atoms with Gasteiger partial charge in [-0.25, -0.2) is 0 Å². The first-order valence-corrected chi connectivity index (χ1v) is 9.75. The minimum Gasteiger partial charge on any atom is -0.484 e. The van der Waals surface area contributed by atoms with Crippen LogP contribution in [0.5, 0.6) is 5.75 Å². The number of carbonyl (C=O) groups is 3. The predicted octanol–water partition coefficient (Wildman–Crippen LogP) is 2.06. The summed E-state index contributed by atoms with van der Waals surface area (Å²) in [6.45, 7) is 7.17. The molecule has 31 heavy (non-hydrogen) atoms. The summed E-state index contributed by atoms with van der Waals surface area (Å²) in [7, 11) is 0. The lowest BCUT2D eigenvalue weighted by Gasteiger charge is -2.12. The van der Waals surface area contributed by atoms with Gasteiger partial charge in [-0.3, -0.25) is 14.4 Å². The van der Waals surface area contributed by atoms with Crippen molar-refractivity contribution in [2.24, 2.45) is 0 Å². The number of carbonyl (C=O) groups excluding carboxylic acids is 3. The highest BCUT2D eigenvalue weighted by Crippen LogP contribution is 2.16. The molecule has 0 atom stereocenters. The number of hydrogen-bond acceptors (Lipinski definition) is 5. The summed E-state index contributed by atoms with van der Waals surface area (Å²) in [6, 6.07) is 12.1. The van der Waals surface area contributed by atoms with E-state index in [2.05, 4.69) is 22.5 Å². The van der Waals surface area contributed by atoms with Crippen LogP contribution in [0.25, 0.3) is 0 Å². The van der Waals surface area contributed by atoms with Crippen LogP contribution in [0.15, 0.2) is 54.7 Å². The first-order valence-electron chi connectivity index (χ1n) is 9.75. The molecule has 0 radical (unpaired) electrons. The summed E-state index contributed by atoms with van der Waals surface area (Å²) in [6.07, 6.45) is 0.326. The fourth-order valence-corrected chi connectivity index (χ4v) is 2.65. The van der Waals surface area contributed by atoms with Gasteiger partial charge >= 0.3 is 0 Å². The SMILES string of the molecule is C=C(CCNC(=O)c1ccccc1NC(=O)CO)NC(=O)COc1ccc(C)c(C)c1. The van der Waals surface area contributed by atoms with Crippen molar-refractivity contribution in [3.8, 4) is 5.75 Å². The minimum atomic E-state index is -0.678. The lowest BCUT2D eigenvalue weighted by molar-refractivity contribution is -0.122. The summed E-state index contributed by atoms with van der Waals surface area (Å²) >= 11 is 0. The Bertz CT molecular complexity index is 971. The van der Waals surface area contributed by atoms with Crippen molar-refractivity contribution in [3.05, 3.63) is 71.4 Å². The third-order valence-electron chi connectivity index (χ3n) is 4.47. The van der Waals surface area contributed by atoms with Gasteiger partial charge in [0.2, 0.25) is 5.91 Å². The smallest absolute Gasteiger partial charge is 0.262 e. The zero-order valence-corrected chi connectivity index (χ0v) is 17.7. The van der Waals surface area contributed by atoms with E-state index in [1.165, 1.54) is 0 Å². The van der Waals surface area contributed by atoms with Crippen molar-refractivity contribution >= 4 is 23.4 Å². The second-order valence-electron chi connectivity index (χ2n) is 6.94. The van der Waals surface area contributed by atoms with E-state index in [-0.39, 0.29) is 24.6 Å². The van der Waals surface area contributed by atoms with Crippen LogP contribution in [0.3, 0.4) is 0 Å². The van der Waals surface area contributed by atoms with Crippen molar-refractivity contribution in [1.29, 1.82) is 0 Å². The number of aryl methyl sites for hydroxylation is 2. The number of hydrogen-bond donors (Lipinski definition) is 4. The lowest BCUT2D eigenvalue weighted by Crippen LogP contribution is -2.31. The quantitative estimate of drug-likeness (QED) is 0.465. The van der Waals surface area contributed by atoms with Crippen LogP contribution in [0.2, 0.25) is 0 Å². The Morgan fingerprint density at radius 1 is 1.03 bits per heavy atom. The van der Waals surface area contributed by atoms with Crippen molar-refractivity contribution < 1.29 is 24.2 Å². The standard InChI is InChI=1S/C23H27N3O5/c1-15-8-9-18(12-16(15)2)31-14-22(29)25-17(3)10-11-24-23(30)19-6-4-5-7-20(19)26-21(28)13-27/h4-9,12,27H,3,10-11,13-14H2,1-2H3,(H,24,30)(H,25,29)(H,26,28). The maximum Gasteiger partial charge on any atom is 0.262 e. The van der Waals surface area contributed by atoms with E-state index in [9.17, 15) is 14.4 Å². The maximum absolute atomic E-state index is 12.4. The molecule has 0 saturated heterocycles. The largest absolute Gasteiger partial charge is 0.484 e. The van der Waals surface area contributed by atoms with Gasteiger partial charge in [0.15, 0.2) is 6.61 Å². The van der Waals surface area contributed by atoms with Gasteiger partial charge in [0.05, 0.1) is 11.3 Å². The van der Waals surface area contributed by atoms with Gasteiger partial charge < -0.3 is 25.8 Å². The van der Waals surface area contributed by atoms with Gasteiger partial charge in [0, 0.05) is 18.7 Å². The summed E-state index contributed by atoms with van der Waals surface area (Å²) in [4.78, 5) is 35.8. The molecule has 2 aromatic rings. The van der Waals surface area contributed by atoms with Crippen LogP contribution in [0.4, 0.5) is 5.69 Å². The Balaban J connectivity index is 1.76. The van der Waals surface area contributed by atoms with Crippen LogP contribution in [-0.2, 0) is 9.59 Å². The normalized spacial score (nSPS) is 10.2. The molecule has 0 aliphatic rings. The van der Waals surface area contributed by atoms with E-state index in [1.807, 2.05) is 26.0 Å². The highest BCUT2D eigenvalue weighted by atomic mass is 16.5. The molecule has 0 aliphatic carbocycles. The van der Waals surface area contributed by atoms with Crippen molar-refractivity contribution in [2.75, 3.05) is 25.1 Å². The Morgan fingerprint density at radius 3 is 2.48 bits per heavy atom. The van der Waals surface area contributed by atoms with E-state index in [0.717, 1.165) is 11.1 Å². The number of benzene rings is 2. The second kappa shape index (κ2) is 11.5. The molecule has 0 unspecified atom stereocenters. The van der Waals surface area contributed by atoms with Crippen molar-refractivity contribution in [2.45, 2.75) is 20.3 Å². The third kappa shape index (κ3) is 7.60. The summed E-state index contributed by atoms with van der Waals surface area (Å²) in [5.74, 6) is -0.736. The van der Waals surface area contributed by atoms with Gasteiger partial charge in [-0.05, 0) is 49.2 Å². The van der Waals surface area contributed by atoms with Gasteiger partial charge in [0.1, 0.15) is 12.4 Å². The molecule has 0 saturated carbocycles. The fraction of sp³-hybridized carbons (Fsp3) is 0.261. The van der Waals surface area contributed by atoms with Crippen LogP contribution in [0, 0.1) is 13.8 Å². The van der Waals surface area contributed by atoms with Crippen molar-refractivity contribution in [1.82, 2.24) is 10.6 Å². The predicted molar refractivity (Wildman–Crippen MR) is 118 cm³/mol. The number of para-hydroxylation sites is 1. The van der Waals surface area contributed by atoms with E-state index in [0.29, 0.717) is 23.6 Å². The molecule has 0 aliphatic heterocycles. The number of aliphatic hydroxyl groups excluding tert-OH is 1. The summed E-state index contributed by atoms with van der Waals surface area (Å²) < 4.78 is 5.48. The first-order chi connectivity index (χ1) is 14.8. The van der Waals surface area contributed by atoms with Gasteiger partial charge in [-0.2, -0.15) is 0 Å². The van der Waals surface area contributed by atoms with Gasteiger partial charge in [-0.15, -0.1) is 0 Å². The van der Waals surface area contributed by atoms with E-state index in [4.69, 9.17) is 9.84 Å². The zero-order chi connectivity index (χ0) is 22.8. The van der Waals surface area contributed by atoms with Crippen LogP contribution in [-0.4, -0.2) is 42.6 Å². The Labute approximate surface area is 181 Å². The third-order valence-corrected chi connectivity index (χ3v) is 4.47. The number of aliphatic hydroxyl groups is 1. The molecular formula is C23H27N3O5. The number of anilines is 1. The lowest BCUT2D eigenvalue weighted by atomic mass is 10.1. The number of ether oxygens (including phenoxy) is 1. The molecule has 0 aromatic heterocycles. The molecule has 8 nitrogen and oxygen atoms in total. The minimum absolute atomic E-state index is 0.147. The fourth-order valence-electron chi connectivity index (χ4n) is 2.65. The average Bonchev–Trinajstić information content (AvgIpc) is 2.74. The van der Waals surface area contributed by atoms with E-state index >= 15 is 0 Å². The topological polar surface area (TPSA) is 117 Å². The number of amides is 3. The Morgan fingerprint density at radius 2 is 1.77 bits per heavy atom. The summed E-state index contributed by atoms with van der Waals surface area (Å²) in [5, 5.41) is 16.7. The van der Waals surface area contributed by atoms with Gasteiger partial charge in [-0.1, -0.05) is 24.8 Å². The highest BCUT2D eigenvalue weighted by molar-refractivity contribution is 6.03. The van der Waals surface area contributed by atoms with Gasteiger partial charge in [0.25, 0.3) is 11.8 Å². The summed E-state index contributed by atoms with van der Waals surface area (Å²) in [5.41, 5.74) is 3.23. The molecule has 0 fully saturated rings. The molecule has 0 bridgehead atoms. The molecule has 4 N–H and O–H groups in total. The van der Waals surface area contributed by atoms with Crippen LogP contribution in [0.1, 0.15) is 27.9 Å². The maximum atomic E-state index is 12.4. The Hall–Kier alpha value is -3.65. The molecule has 0 spiro atoms. The molecular weight excluding hydrogens is 398 g/mol. The molecule has 3 amide bonds. The Kier molecular flexibility index (Phi) is 8.78. The average molecular weight is 425 g/mol. The molecule has 8 heteroatoms. The molecule has 2 aromatic carbocycles. The second-order valence-corrected chi connectivity index (χ2v) is 6.94. The van der Waals surface area contributed by atoms with Crippen molar-refractivity contribution in [3.63, 3.8) is 0 Å². The number of rotatable bonds is 10. The molecule has 0 heterocycles. The highest BCUT2D eigenvalue weighted by Gasteiger charge is 2.13. The van der Waals surface area contributed by atoms with E-state index in [1.54, 1.807) is 30.3 Å².